The maximum Gasteiger partial charge on any atom is 0.0991 e. The number of rotatable bonds is 5. The zero-order chi connectivity index (χ0) is 19.6. The van der Waals surface area contributed by atoms with Gasteiger partial charge in [0, 0.05) is 42.6 Å². The maximum atomic E-state index is 9.03. The molecule has 0 aliphatic rings. The summed E-state index contributed by atoms with van der Waals surface area (Å²) in [5.41, 5.74) is 7.66. The fourth-order valence-corrected chi connectivity index (χ4v) is 3.46. The number of nitrogens with zero attached hydrogens (tertiary/aromatic N) is 4. The number of nitriles is 1. The van der Waals surface area contributed by atoms with Crippen LogP contribution >= 0.6 is 0 Å². The van der Waals surface area contributed by atoms with Crippen LogP contribution < -0.4 is 4.90 Å². The van der Waals surface area contributed by atoms with Gasteiger partial charge >= 0.3 is 0 Å². The van der Waals surface area contributed by atoms with Crippen molar-refractivity contribution in [1.82, 2.24) is 9.78 Å². The number of hydrogen-bond donors (Lipinski definition) is 0. The Hall–Kier alpha value is -3.06. The molecule has 0 spiro atoms. The molecule has 0 radical (unpaired) electrons. The zero-order valence-corrected chi connectivity index (χ0v) is 16.7. The van der Waals surface area contributed by atoms with Crippen molar-refractivity contribution in [3.05, 3.63) is 70.9 Å². The summed E-state index contributed by atoms with van der Waals surface area (Å²) in [5.74, 6) is 0. The Morgan fingerprint density at radius 1 is 1.11 bits per heavy atom. The molecule has 0 atom stereocenters. The van der Waals surface area contributed by atoms with E-state index in [1.807, 2.05) is 36.0 Å². The highest BCUT2D eigenvalue weighted by Gasteiger charge is 2.18. The Morgan fingerprint density at radius 3 is 2.41 bits per heavy atom. The van der Waals surface area contributed by atoms with Gasteiger partial charge < -0.3 is 4.90 Å². The molecule has 3 rings (SSSR count). The molecule has 0 bridgehead atoms. The summed E-state index contributed by atoms with van der Waals surface area (Å²) in [5, 5.41) is 13.7. The van der Waals surface area contributed by atoms with Crippen molar-refractivity contribution >= 4 is 5.69 Å². The van der Waals surface area contributed by atoms with Crippen molar-refractivity contribution in [3.63, 3.8) is 0 Å². The maximum absolute atomic E-state index is 9.03. The second kappa shape index (κ2) is 7.67. The number of hydrogen-bond acceptors (Lipinski definition) is 3. The zero-order valence-electron chi connectivity index (χ0n) is 16.7. The van der Waals surface area contributed by atoms with Crippen LogP contribution in [-0.2, 0) is 13.6 Å². The van der Waals surface area contributed by atoms with Crippen molar-refractivity contribution < 1.29 is 0 Å². The summed E-state index contributed by atoms with van der Waals surface area (Å²) < 4.78 is 1.86. The van der Waals surface area contributed by atoms with Gasteiger partial charge in [0.05, 0.1) is 17.3 Å². The third-order valence-electron chi connectivity index (χ3n) is 4.82. The van der Waals surface area contributed by atoms with Crippen LogP contribution in [0.5, 0.6) is 0 Å². The van der Waals surface area contributed by atoms with E-state index < -0.39 is 0 Å². The van der Waals surface area contributed by atoms with E-state index in [9.17, 15) is 0 Å². The smallest absolute Gasteiger partial charge is 0.0991 e. The molecule has 4 nitrogen and oxygen atoms in total. The third kappa shape index (κ3) is 4.03. The lowest BCUT2D eigenvalue weighted by Gasteiger charge is -2.30. The number of anilines is 1. The normalized spacial score (nSPS) is 10.9. The quantitative estimate of drug-likeness (QED) is 0.645. The van der Waals surface area contributed by atoms with Crippen LogP contribution in [-0.4, -0.2) is 15.8 Å². The highest BCUT2D eigenvalue weighted by atomic mass is 15.3. The Balaban J connectivity index is 1.99. The molecule has 27 heavy (non-hydrogen) atoms. The van der Waals surface area contributed by atoms with Crippen molar-refractivity contribution in [3.8, 4) is 17.3 Å². The molecule has 3 aromatic rings. The summed E-state index contributed by atoms with van der Waals surface area (Å²) >= 11 is 0. The van der Waals surface area contributed by atoms with E-state index in [-0.39, 0.29) is 0 Å². The molecule has 138 valence electrons. The first-order valence-corrected chi connectivity index (χ1v) is 9.26. The van der Waals surface area contributed by atoms with Crippen molar-refractivity contribution in [1.29, 1.82) is 5.26 Å². The van der Waals surface area contributed by atoms with Crippen LogP contribution in [0.1, 0.15) is 36.1 Å². The lowest BCUT2D eigenvalue weighted by Crippen LogP contribution is -2.30. The predicted octanol–water partition coefficient (Wildman–Crippen LogP) is 4.99. The van der Waals surface area contributed by atoms with Crippen LogP contribution in [0.25, 0.3) is 11.3 Å². The molecule has 1 aromatic heterocycles. The molecule has 0 fully saturated rings. The van der Waals surface area contributed by atoms with Gasteiger partial charge in [0.15, 0.2) is 0 Å². The van der Waals surface area contributed by atoms with Gasteiger partial charge in [0.1, 0.15) is 0 Å². The van der Waals surface area contributed by atoms with E-state index in [2.05, 4.69) is 68.2 Å². The Bertz CT molecular complexity index is 975. The van der Waals surface area contributed by atoms with Crippen LogP contribution in [0.15, 0.2) is 48.7 Å². The van der Waals surface area contributed by atoms with Gasteiger partial charge in [-0.3, -0.25) is 4.68 Å². The summed E-state index contributed by atoms with van der Waals surface area (Å²) in [7, 11) is 1.95. The van der Waals surface area contributed by atoms with Gasteiger partial charge in [-0.15, -0.1) is 0 Å². The molecule has 0 N–H and O–H groups in total. The average molecular weight is 358 g/mol. The van der Waals surface area contributed by atoms with E-state index in [4.69, 9.17) is 5.26 Å². The Kier molecular flexibility index (Phi) is 5.32. The summed E-state index contributed by atoms with van der Waals surface area (Å²) in [6, 6.07) is 16.8. The monoisotopic (exact) mass is 358 g/mol. The van der Waals surface area contributed by atoms with Gasteiger partial charge in [-0.25, -0.2) is 0 Å². The van der Waals surface area contributed by atoms with Crippen molar-refractivity contribution in [2.45, 2.75) is 40.3 Å². The molecular formula is C23H26N4. The largest absolute Gasteiger partial charge is 0.364 e. The molecule has 0 amide bonds. The minimum atomic E-state index is 0.362. The van der Waals surface area contributed by atoms with Crippen molar-refractivity contribution in [2.24, 2.45) is 7.05 Å². The second-order valence-electron chi connectivity index (χ2n) is 7.38. The van der Waals surface area contributed by atoms with Gasteiger partial charge in [0.2, 0.25) is 0 Å². The number of aromatic nitrogens is 2. The fourth-order valence-electron chi connectivity index (χ4n) is 3.46. The van der Waals surface area contributed by atoms with Gasteiger partial charge in [-0.2, -0.15) is 10.4 Å². The Labute approximate surface area is 161 Å². The minimum Gasteiger partial charge on any atom is -0.364 e. The summed E-state index contributed by atoms with van der Waals surface area (Å²) in [6.45, 7) is 9.52. The number of benzene rings is 2. The Morgan fingerprint density at radius 2 is 1.81 bits per heavy atom. The summed E-state index contributed by atoms with van der Waals surface area (Å²) in [6.07, 6.45) is 2.09. The molecule has 1 heterocycles. The van der Waals surface area contributed by atoms with E-state index in [1.54, 1.807) is 0 Å². The van der Waals surface area contributed by atoms with Crippen LogP contribution in [0.2, 0.25) is 0 Å². The highest BCUT2D eigenvalue weighted by Crippen LogP contribution is 2.29. The topological polar surface area (TPSA) is 44.9 Å². The molecule has 4 heteroatoms. The van der Waals surface area contributed by atoms with E-state index in [0.29, 0.717) is 11.6 Å². The SMILES string of the molecule is Cc1ccc(N(Cc2cn(C)nc2-c2ccc(C#N)cc2)C(C)C)c(C)c1. The third-order valence-corrected chi connectivity index (χ3v) is 4.82. The molecule has 0 saturated carbocycles. The van der Waals surface area contributed by atoms with E-state index in [0.717, 1.165) is 17.8 Å². The first kappa shape index (κ1) is 18.7. The molecule has 0 aliphatic carbocycles. The fraction of sp³-hybridized carbons (Fsp3) is 0.304. The lowest BCUT2D eigenvalue weighted by atomic mass is 10.0. The number of aryl methyl sites for hydroxylation is 3. The van der Waals surface area contributed by atoms with Crippen molar-refractivity contribution in [2.75, 3.05) is 4.90 Å². The first-order valence-electron chi connectivity index (χ1n) is 9.26. The van der Waals surface area contributed by atoms with Gasteiger partial charge in [0.25, 0.3) is 0 Å². The van der Waals surface area contributed by atoms with E-state index in [1.165, 1.54) is 22.4 Å². The molecular weight excluding hydrogens is 332 g/mol. The van der Waals surface area contributed by atoms with E-state index >= 15 is 0 Å². The average Bonchev–Trinajstić information content (AvgIpc) is 3.00. The first-order chi connectivity index (χ1) is 12.9. The molecule has 0 saturated heterocycles. The van der Waals surface area contributed by atoms with Crippen LogP contribution in [0.4, 0.5) is 5.69 Å². The molecule has 0 unspecified atom stereocenters. The minimum absolute atomic E-state index is 0.362. The highest BCUT2D eigenvalue weighted by molar-refractivity contribution is 5.65. The summed E-state index contributed by atoms with van der Waals surface area (Å²) in [4.78, 5) is 2.42. The lowest BCUT2D eigenvalue weighted by molar-refractivity contribution is 0.680. The molecule has 2 aromatic carbocycles. The van der Waals surface area contributed by atoms with Gasteiger partial charge in [-0.05, 0) is 51.5 Å². The standard InChI is InChI=1S/C23H26N4/c1-16(2)27(22-11-6-17(3)12-18(22)4)15-21-14-26(5)25-23(21)20-9-7-19(13-24)8-10-20/h6-12,14,16H,15H2,1-5H3. The van der Waals surface area contributed by atoms with Crippen LogP contribution in [0.3, 0.4) is 0 Å². The second-order valence-corrected chi connectivity index (χ2v) is 7.38. The van der Waals surface area contributed by atoms with Crippen LogP contribution in [0, 0.1) is 25.2 Å². The van der Waals surface area contributed by atoms with Gasteiger partial charge in [-0.1, -0.05) is 29.8 Å². The predicted molar refractivity (Wildman–Crippen MR) is 111 cm³/mol. The molecule has 0 aliphatic heterocycles.